The van der Waals surface area contributed by atoms with E-state index < -0.39 is 17.7 Å². The summed E-state index contributed by atoms with van der Waals surface area (Å²) in [5, 5.41) is 11.0. The van der Waals surface area contributed by atoms with Crippen LogP contribution in [0, 0.1) is 0 Å². The average Bonchev–Trinajstić information content (AvgIpc) is 2.78. The van der Waals surface area contributed by atoms with E-state index in [1.54, 1.807) is 19.9 Å². The molecule has 11 heteroatoms. The van der Waals surface area contributed by atoms with Crippen LogP contribution in [0.5, 0.6) is 23.0 Å². The topological polar surface area (TPSA) is 108 Å². The van der Waals surface area contributed by atoms with Crippen molar-refractivity contribution in [2.45, 2.75) is 26.8 Å². The third kappa shape index (κ3) is 6.72. The summed E-state index contributed by atoms with van der Waals surface area (Å²) in [7, 11) is 2.89. The lowest BCUT2D eigenvalue weighted by Crippen LogP contribution is -2.32. The van der Waals surface area contributed by atoms with Crippen LogP contribution in [0.2, 0.25) is 10.0 Å². The van der Waals surface area contributed by atoms with Crippen molar-refractivity contribution in [3.63, 3.8) is 0 Å². The number of Topliss-reactive ketones (excluding diaryl/α,β-unsaturated/α-hetero) is 1. The van der Waals surface area contributed by atoms with E-state index in [0.29, 0.717) is 46.9 Å². The van der Waals surface area contributed by atoms with E-state index in [2.05, 4.69) is 15.5 Å². The van der Waals surface area contributed by atoms with Crippen LogP contribution in [-0.4, -0.2) is 45.2 Å². The molecule has 0 fully saturated rings. The SMILES string of the molecule is CCOc1cc(N=NC(C(C)=O)C(=O)Nc2cc(OC)cc(OC)c2Cl)cc(OCC)c1Cl. The number of amides is 1. The monoisotopic (exact) mass is 497 g/mol. The first-order valence-corrected chi connectivity index (χ1v) is 10.7. The van der Waals surface area contributed by atoms with Crippen molar-refractivity contribution in [3.8, 4) is 23.0 Å². The average molecular weight is 498 g/mol. The van der Waals surface area contributed by atoms with Crippen LogP contribution in [0.15, 0.2) is 34.5 Å². The van der Waals surface area contributed by atoms with Gasteiger partial charge in [-0.25, -0.2) is 0 Å². The van der Waals surface area contributed by atoms with Crippen LogP contribution in [0.25, 0.3) is 0 Å². The normalized spacial score (nSPS) is 11.7. The number of azo groups is 1. The maximum absolute atomic E-state index is 12.8. The minimum absolute atomic E-state index is 0.145. The predicted octanol–water partition coefficient (Wildman–Crippen LogP) is 5.49. The molecule has 33 heavy (non-hydrogen) atoms. The van der Waals surface area contributed by atoms with Gasteiger partial charge in [-0.1, -0.05) is 23.2 Å². The highest BCUT2D eigenvalue weighted by atomic mass is 35.5. The van der Waals surface area contributed by atoms with E-state index in [9.17, 15) is 9.59 Å². The highest BCUT2D eigenvalue weighted by Crippen LogP contribution is 2.39. The van der Waals surface area contributed by atoms with Gasteiger partial charge < -0.3 is 24.3 Å². The largest absolute Gasteiger partial charge is 0.497 e. The van der Waals surface area contributed by atoms with Gasteiger partial charge in [0.05, 0.1) is 38.8 Å². The van der Waals surface area contributed by atoms with Gasteiger partial charge in [0, 0.05) is 24.3 Å². The van der Waals surface area contributed by atoms with Crippen LogP contribution >= 0.6 is 23.2 Å². The van der Waals surface area contributed by atoms with E-state index in [4.69, 9.17) is 42.1 Å². The van der Waals surface area contributed by atoms with Gasteiger partial charge in [0.25, 0.3) is 5.91 Å². The Labute approximate surface area is 202 Å². The van der Waals surface area contributed by atoms with Crippen LogP contribution in [-0.2, 0) is 9.59 Å². The van der Waals surface area contributed by atoms with Gasteiger partial charge in [0.1, 0.15) is 33.0 Å². The van der Waals surface area contributed by atoms with Gasteiger partial charge in [-0.3, -0.25) is 9.59 Å². The fourth-order valence-corrected chi connectivity index (χ4v) is 3.16. The van der Waals surface area contributed by atoms with Crippen molar-refractivity contribution in [2.75, 3.05) is 32.8 Å². The molecule has 2 rings (SSSR count). The van der Waals surface area contributed by atoms with E-state index in [1.807, 2.05) is 0 Å². The van der Waals surface area contributed by atoms with Crippen LogP contribution in [0.4, 0.5) is 11.4 Å². The first kappa shape index (κ1) is 26.2. The molecule has 2 aromatic rings. The zero-order valence-electron chi connectivity index (χ0n) is 18.9. The molecule has 0 heterocycles. The zero-order valence-corrected chi connectivity index (χ0v) is 20.4. The van der Waals surface area contributed by atoms with Crippen molar-refractivity contribution in [3.05, 3.63) is 34.3 Å². The van der Waals surface area contributed by atoms with E-state index >= 15 is 0 Å². The Balaban J connectivity index is 2.35. The molecule has 0 aromatic heterocycles. The Bertz CT molecular complexity index is 1020. The number of benzene rings is 2. The second-order valence-electron chi connectivity index (χ2n) is 6.53. The molecular weight excluding hydrogens is 473 g/mol. The van der Waals surface area contributed by atoms with Gasteiger partial charge in [-0.15, -0.1) is 0 Å². The lowest BCUT2D eigenvalue weighted by Gasteiger charge is -2.14. The number of carbonyl (C=O) groups is 2. The number of ether oxygens (including phenoxy) is 4. The highest BCUT2D eigenvalue weighted by Gasteiger charge is 2.25. The Morgan fingerprint density at radius 3 is 2.03 bits per heavy atom. The molecule has 1 atom stereocenters. The summed E-state index contributed by atoms with van der Waals surface area (Å²) in [6.45, 7) is 5.58. The van der Waals surface area contributed by atoms with E-state index in [1.165, 1.54) is 39.3 Å². The molecule has 0 bridgehead atoms. The standard InChI is InChI=1S/C22H25Cl2N3O6/c1-6-32-17-8-13(9-18(20(17)24)33-7-2)26-27-21(12(3)28)22(29)25-15-10-14(30-4)11-16(31-5)19(15)23/h8-11,21H,6-7H2,1-5H3,(H,25,29). The number of nitrogens with zero attached hydrogens (tertiary/aromatic N) is 2. The molecule has 178 valence electrons. The number of ketones is 1. The van der Waals surface area contributed by atoms with Gasteiger partial charge in [0.2, 0.25) is 6.04 Å². The van der Waals surface area contributed by atoms with Gasteiger partial charge in [0.15, 0.2) is 5.78 Å². The van der Waals surface area contributed by atoms with Crippen molar-refractivity contribution >= 4 is 46.3 Å². The summed E-state index contributed by atoms with van der Waals surface area (Å²) >= 11 is 12.6. The molecule has 0 aliphatic rings. The maximum atomic E-state index is 12.8. The van der Waals surface area contributed by atoms with Crippen molar-refractivity contribution in [1.29, 1.82) is 0 Å². The highest BCUT2D eigenvalue weighted by molar-refractivity contribution is 6.35. The lowest BCUT2D eigenvalue weighted by atomic mass is 10.2. The second kappa shape index (κ2) is 12.3. The van der Waals surface area contributed by atoms with Gasteiger partial charge in [-0.05, 0) is 20.8 Å². The number of hydrogen-bond acceptors (Lipinski definition) is 8. The molecule has 1 N–H and O–H groups in total. The minimum atomic E-state index is -1.43. The summed E-state index contributed by atoms with van der Waals surface area (Å²) in [6, 6.07) is 4.71. The number of methoxy groups -OCH3 is 2. The summed E-state index contributed by atoms with van der Waals surface area (Å²) in [6.07, 6.45) is 0. The van der Waals surface area contributed by atoms with Crippen LogP contribution < -0.4 is 24.3 Å². The molecule has 0 aliphatic carbocycles. The fraction of sp³-hybridized carbons (Fsp3) is 0.364. The fourth-order valence-electron chi connectivity index (χ4n) is 2.71. The predicted molar refractivity (Wildman–Crippen MR) is 126 cm³/mol. The molecular formula is C22H25Cl2N3O6. The summed E-state index contributed by atoms with van der Waals surface area (Å²) in [5.74, 6) is 0.135. The minimum Gasteiger partial charge on any atom is -0.497 e. The summed E-state index contributed by atoms with van der Waals surface area (Å²) < 4.78 is 21.4. The molecule has 1 amide bonds. The molecule has 2 aromatic carbocycles. The molecule has 0 saturated carbocycles. The first-order chi connectivity index (χ1) is 15.7. The van der Waals surface area contributed by atoms with Crippen LogP contribution in [0.1, 0.15) is 20.8 Å². The molecule has 0 saturated heterocycles. The third-order valence-corrected chi connectivity index (χ3v) is 5.00. The number of nitrogens with one attached hydrogen (secondary N) is 1. The number of rotatable bonds is 11. The summed E-state index contributed by atoms with van der Waals surface area (Å²) in [5.41, 5.74) is 0.495. The van der Waals surface area contributed by atoms with Crippen LogP contribution in [0.3, 0.4) is 0 Å². The summed E-state index contributed by atoms with van der Waals surface area (Å²) in [4.78, 5) is 25.0. The molecule has 0 spiro atoms. The lowest BCUT2D eigenvalue weighted by molar-refractivity contribution is -0.126. The van der Waals surface area contributed by atoms with Gasteiger partial charge >= 0.3 is 0 Å². The Hall–Kier alpha value is -3.04. The van der Waals surface area contributed by atoms with Crippen molar-refractivity contribution in [2.24, 2.45) is 10.2 Å². The smallest absolute Gasteiger partial charge is 0.258 e. The molecule has 9 nitrogen and oxygen atoms in total. The Kier molecular flexibility index (Phi) is 9.74. The number of carbonyl (C=O) groups excluding carboxylic acids is 2. The van der Waals surface area contributed by atoms with Crippen molar-refractivity contribution in [1.82, 2.24) is 0 Å². The van der Waals surface area contributed by atoms with Gasteiger partial charge in [-0.2, -0.15) is 10.2 Å². The Morgan fingerprint density at radius 1 is 0.939 bits per heavy atom. The third-order valence-electron chi connectivity index (χ3n) is 4.24. The Morgan fingerprint density at radius 2 is 1.55 bits per heavy atom. The number of halogens is 2. The van der Waals surface area contributed by atoms with Crippen molar-refractivity contribution < 1.29 is 28.5 Å². The zero-order chi connectivity index (χ0) is 24.5. The number of hydrogen-bond donors (Lipinski definition) is 1. The molecule has 0 radical (unpaired) electrons. The van der Waals surface area contributed by atoms with E-state index in [0.717, 1.165) is 0 Å². The van der Waals surface area contributed by atoms with E-state index in [-0.39, 0.29) is 10.7 Å². The molecule has 1 unspecified atom stereocenters. The number of anilines is 1. The molecule has 0 aliphatic heterocycles. The second-order valence-corrected chi connectivity index (χ2v) is 7.29. The quantitative estimate of drug-likeness (QED) is 0.324. The first-order valence-electron chi connectivity index (χ1n) is 9.98. The maximum Gasteiger partial charge on any atom is 0.258 e.